The fraction of sp³-hybridized carbons (Fsp3) is 0.200. The summed E-state index contributed by atoms with van der Waals surface area (Å²) < 4.78 is 29.8. The third-order valence-electron chi connectivity index (χ3n) is 5.51. The van der Waals surface area contributed by atoms with Crippen LogP contribution in [0.15, 0.2) is 79.9 Å². The van der Waals surface area contributed by atoms with Gasteiger partial charge >= 0.3 is 0 Å². The van der Waals surface area contributed by atoms with Crippen LogP contribution in [0.4, 0.5) is 0 Å². The first-order chi connectivity index (χ1) is 17.3. The molecule has 1 amide bonds. The van der Waals surface area contributed by atoms with Crippen molar-refractivity contribution in [2.75, 3.05) is 0 Å². The van der Waals surface area contributed by atoms with Crippen LogP contribution in [0.5, 0.6) is 0 Å². The number of hydrogen-bond donors (Lipinski definition) is 2. The number of carbonyl (C=O) groups excluding carboxylic acids is 1. The molecule has 0 saturated carbocycles. The molecule has 2 aromatic heterocycles. The minimum atomic E-state index is -3.78. The van der Waals surface area contributed by atoms with Gasteiger partial charge in [0.2, 0.25) is 10.0 Å². The zero-order chi connectivity index (χ0) is 25.7. The van der Waals surface area contributed by atoms with Gasteiger partial charge in [0, 0.05) is 17.5 Å². The molecule has 0 aliphatic rings. The largest absolute Gasteiger partial charge is 0.455 e. The summed E-state index contributed by atoms with van der Waals surface area (Å²) in [4.78, 5) is 25.7. The zero-order valence-electron chi connectivity index (χ0n) is 19.5. The van der Waals surface area contributed by atoms with E-state index >= 15 is 0 Å². The van der Waals surface area contributed by atoms with Gasteiger partial charge in [-0.15, -0.1) is 0 Å². The van der Waals surface area contributed by atoms with Crippen LogP contribution >= 0.6 is 0 Å². The molecule has 4 aromatic rings. The summed E-state index contributed by atoms with van der Waals surface area (Å²) in [6.45, 7) is 2.49. The van der Waals surface area contributed by atoms with Crippen molar-refractivity contribution in [3.8, 4) is 11.3 Å². The van der Waals surface area contributed by atoms with Gasteiger partial charge < -0.3 is 4.42 Å². The molecule has 0 aliphatic heterocycles. The van der Waals surface area contributed by atoms with Crippen molar-refractivity contribution >= 4 is 32.9 Å². The van der Waals surface area contributed by atoms with E-state index in [1.165, 1.54) is 23.0 Å². The first-order valence-corrected chi connectivity index (χ1v) is 12.9. The van der Waals surface area contributed by atoms with E-state index < -0.39 is 15.9 Å². The normalized spacial score (nSPS) is 11.8. The highest BCUT2D eigenvalue weighted by Crippen LogP contribution is 2.23. The van der Waals surface area contributed by atoms with E-state index in [4.69, 9.17) is 9.56 Å². The number of benzene rings is 2. The summed E-state index contributed by atoms with van der Waals surface area (Å²) in [5, 5.41) is 14.3. The second kappa shape index (κ2) is 10.7. The number of rotatable bonds is 9. The molecular formula is C25H25N5O5S. The van der Waals surface area contributed by atoms with Crippen molar-refractivity contribution in [3.63, 3.8) is 0 Å². The van der Waals surface area contributed by atoms with Gasteiger partial charge in [0.15, 0.2) is 5.69 Å². The highest BCUT2D eigenvalue weighted by Gasteiger charge is 2.16. The van der Waals surface area contributed by atoms with Gasteiger partial charge in [-0.3, -0.25) is 9.59 Å². The lowest BCUT2D eigenvalue weighted by Gasteiger charge is -2.10. The summed E-state index contributed by atoms with van der Waals surface area (Å²) in [7, 11) is -3.78. The number of sulfonamides is 1. The molecule has 36 heavy (non-hydrogen) atoms. The van der Waals surface area contributed by atoms with Crippen LogP contribution < -0.4 is 16.1 Å². The summed E-state index contributed by atoms with van der Waals surface area (Å²) in [6, 6.07) is 16.1. The number of amides is 1. The van der Waals surface area contributed by atoms with Gasteiger partial charge in [0.05, 0.1) is 16.5 Å². The van der Waals surface area contributed by atoms with Crippen molar-refractivity contribution < 1.29 is 17.6 Å². The molecule has 0 spiro atoms. The molecule has 0 aliphatic carbocycles. The standard InChI is InChI=1S/C25H25N5O5S/c1-2-3-6-15-30-25(32)21-8-5-4-7-20(21)23(29-30)24(31)28-27-16-18-11-14-22(35-18)17-9-12-19(13-10-17)36(26,33)34/h4-5,7-14,16H,2-3,6,15H2,1H3,(H,28,31)(H2,26,33,34)/b27-16-. The number of hydrazone groups is 1. The van der Waals surface area contributed by atoms with Gasteiger partial charge in [-0.25, -0.2) is 23.7 Å². The van der Waals surface area contributed by atoms with E-state index in [0.717, 1.165) is 19.3 Å². The summed E-state index contributed by atoms with van der Waals surface area (Å²) in [6.07, 6.45) is 4.07. The molecule has 11 heteroatoms. The van der Waals surface area contributed by atoms with E-state index in [-0.39, 0.29) is 16.1 Å². The van der Waals surface area contributed by atoms with Crippen molar-refractivity contribution in [3.05, 3.63) is 82.5 Å². The fourth-order valence-electron chi connectivity index (χ4n) is 3.66. The molecule has 0 unspecified atom stereocenters. The monoisotopic (exact) mass is 507 g/mol. The van der Waals surface area contributed by atoms with E-state index in [1.54, 1.807) is 48.5 Å². The summed E-state index contributed by atoms with van der Waals surface area (Å²) in [5.74, 6) is 0.288. The van der Waals surface area contributed by atoms with Gasteiger partial charge in [0.1, 0.15) is 11.5 Å². The van der Waals surface area contributed by atoms with E-state index in [2.05, 4.69) is 22.5 Å². The van der Waals surface area contributed by atoms with Crippen LogP contribution in [-0.2, 0) is 16.6 Å². The van der Waals surface area contributed by atoms with Crippen molar-refractivity contribution in [1.82, 2.24) is 15.2 Å². The maximum atomic E-state index is 12.9. The van der Waals surface area contributed by atoms with Gasteiger partial charge in [-0.05, 0) is 48.9 Å². The van der Waals surface area contributed by atoms with Gasteiger partial charge in [-0.2, -0.15) is 10.2 Å². The molecule has 10 nitrogen and oxygen atoms in total. The Kier molecular flexibility index (Phi) is 7.41. The van der Waals surface area contributed by atoms with Crippen molar-refractivity contribution in [2.45, 2.75) is 37.6 Å². The second-order valence-electron chi connectivity index (χ2n) is 8.10. The lowest BCUT2D eigenvalue weighted by Crippen LogP contribution is -2.29. The van der Waals surface area contributed by atoms with Gasteiger partial charge in [-0.1, -0.05) is 38.0 Å². The smallest absolute Gasteiger partial charge is 0.292 e. The maximum absolute atomic E-state index is 12.9. The Labute approximate surface area is 207 Å². The van der Waals surface area contributed by atoms with Crippen LogP contribution in [0.25, 0.3) is 22.1 Å². The Morgan fingerprint density at radius 1 is 1.08 bits per heavy atom. The number of hydrogen-bond acceptors (Lipinski definition) is 7. The molecule has 4 rings (SSSR count). The number of nitrogens with one attached hydrogen (secondary N) is 1. The minimum Gasteiger partial charge on any atom is -0.455 e. The highest BCUT2D eigenvalue weighted by atomic mass is 32.2. The molecule has 2 aromatic carbocycles. The van der Waals surface area contributed by atoms with Crippen molar-refractivity contribution in [2.24, 2.45) is 10.2 Å². The third-order valence-corrected chi connectivity index (χ3v) is 6.44. The first kappa shape index (κ1) is 25.0. The number of nitrogens with zero attached hydrogens (tertiary/aromatic N) is 3. The number of aryl methyl sites for hydroxylation is 1. The van der Waals surface area contributed by atoms with Crippen LogP contribution in [0.3, 0.4) is 0 Å². The topological polar surface area (TPSA) is 150 Å². The highest BCUT2D eigenvalue weighted by molar-refractivity contribution is 7.89. The van der Waals surface area contributed by atoms with Crippen molar-refractivity contribution in [1.29, 1.82) is 0 Å². The Bertz CT molecular complexity index is 1590. The number of fused-ring (bicyclic) bond motifs is 1. The fourth-order valence-corrected chi connectivity index (χ4v) is 4.18. The lowest BCUT2D eigenvalue weighted by molar-refractivity contribution is 0.0949. The van der Waals surface area contributed by atoms with E-state index in [1.807, 2.05) is 0 Å². The molecule has 0 saturated heterocycles. The SMILES string of the molecule is CCCCCn1nc(C(=O)N/N=C\c2ccc(-c3ccc(S(N)(=O)=O)cc3)o2)c2ccccc2c1=O. The van der Waals surface area contributed by atoms with Crippen LogP contribution in [-0.4, -0.2) is 30.3 Å². The Morgan fingerprint density at radius 3 is 2.50 bits per heavy atom. The van der Waals surface area contributed by atoms with Crippen LogP contribution in [0.1, 0.15) is 42.4 Å². The van der Waals surface area contributed by atoms with Crippen LogP contribution in [0.2, 0.25) is 0 Å². The molecule has 0 fully saturated rings. The molecule has 186 valence electrons. The lowest BCUT2D eigenvalue weighted by atomic mass is 10.1. The molecular weight excluding hydrogens is 482 g/mol. The molecule has 3 N–H and O–H groups in total. The number of aromatic nitrogens is 2. The third kappa shape index (κ3) is 5.58. The Hall–Kier alpha value is -4.09. The number of carbonyl (C=O) groups is 1. The van der Waals surface area contributed by atoms with E-state index in [0.29, 0.717) is 34.4 Å². The quantitative estimate of drug-likeness (QED) is 0.202. The first-order valence-electron chi connectivity index (χ1n) is 11.3. The second-order valence-corrected chi connectivity index (χ2v) is 9.66. The molecule has 0 bridgehead atoms. The number of primary sulfonamides is 1. The molecule has 0 atom stereocenters. The average molecular weight is 508 g/mol. The van der Waals surface area contributed by atoms with Gasteiger partial charge in [0.25, 0.3) is 11.5 Å². The van der Waals surface area contributed by atoms with E-state index in [9.17, 15) is 18.0 Å². The molecule has 0 radical (unpaired) electrons. The number of furan rings is 1. The summed E-state index contributed by atoms with van der Waals surface area (Å²) in [5.41, 5.74) is 2.96. The minimum absolute atomic E-state index is 0.000124. The predicted molar refractivity (Wildman–Crippen MR) is 136 cm³/mol. The Morgan fingerprint density at radius 2 is 1.81 bits per heavy atom. The number of nitrogens with two attached hydrogens (primary N) is 1. The Balaban J connectivity index is 1.51. The van der Waals surface area contributed by atoms with Crippen LogP contribution in [0, 0.1) is 0 Å². The molecule has 2 heterocycles. The summed E-state index contributed by atoms with van der Waals surface area (Å²) >= 11 is 0. The predicted octanol–water partition coefficient (Wildman–Crippen LogP) is 3.26. The average Bonchev–Trinajstić information content (AvgIpc) is 3.34. The number of unbranched alkanes of at least 4 members (excludes halogenated alkanes) is 2. The zero-order valence-corrected chi connectivity index (χ0v) is 20.4. The maximum Gasteiger partial charge on any atom is 0.292 e.